The SMILES string of the molecule is CCN(CCCNC(=NC)NCCCOCC1CCOC1)c1ccccc1. The van der Waals surface area contributed by atoms with Gasteiger partial charge < -0.3 is 25.0 Å². The maximum absolute atomic E-state index is 5.73. The van der Waals surface area contributed by atoms with Gasteiger partial charge in [0.1, 0.15) is 0 Å². The van der Waals surface area contributed by atoms with Gasteiger partial charge in [-0.2, -0.15) is 0 Å². The molecule has 1 heterocycles. The maximum atomic E-state index is 5.73. The zero-order valence-corrected chi connectivity index (χ0v) is 17.0. The molecule has 6 nitrogen and oxygen atoms in total. The van der Waals surface area contributed by atoms with Crippen LogP contribution in [0, 0.1) is 5.92 Å². The fourth-order valence-electron chi connectivity index (χ4n) is 3.15. The minimum atomic E-state index is 0.589. The molecule has 1 aliphatic heterocycles. The fraction of sp³-hybridized carbons (Fsp3) is 0.667. The van der Waals surface area contributed by atoms with Gasteiger partial charge >= 0.3 is 0 Å². The molecular weight excluding hydrogens is 340 g/mol. The average Bonchev–Trinajstić information content (AvgIpc) is 3.23. The van der Waals surface area contributed by atoms with Crippen LogP contribution in [0.3, 0.4) is 0 Å². The molecule has 0 spiro atoms. The van der Waals surface area contributed by atoms with E-state index in [0.29, 0.717) is 5.92 Å². The summed E-state index contributed by atoms with van der Waals surface area (Å²) in [5.41, 5.74) is 1.28. The smallest absolute Gasteiger partial charge is 0.190 e. The van der Waals surface area contributed by atoms with Crippen molar-refractivity contribution < 1.29 is 9.47 Å². The van der Waals surface area contributed by atoms with E-state index in [1.807, 2.05) is 7.05 Å². The highest BCUT2D eigenvalue weighted by Gasteiger charge is 2.15. The highest BCUT2D eigenvalue weighted by atomic mass is 16.5. The number of anilines is 1. The lowest BCUT2D eigenvalue weighted by atomic mass is 10.1. The summed E-state index contributed by atoms with van der Waals surface area (Å²) in [6, 6.07) is 10.6. The molecule has 1 aromatic carbocycles. The molecule has 0 bridgehead atoms. The van der Waals surface area contributed by atoms with Gasteiger partial charge in [-0.15, -0.1) is 0 Å². The molecule has 1 saturated heterocycles. The molecule has 1 unspecified atom stereocenters. The Balaban J connectivity index is 1.50. The van der Waals surface area contributed by atoms with E-state index in [4.69, 9.17) is 9.47 Å². The molecule has 1 fully saturated rings. The predicted octanol–water partition coefficient (Wildman–Crippen LogP) is 2.51. The quantitative estimate of drug-likeness (QED) is 0.333. The van der Waals surface area contributed by atoms with E-state index in [1.165, 1.54) is 5.69 Å². The fourth-order valence-corrected chi connectivity index (χ4v) is 3.15. The Morgan fingerprint density at radius 1 is 1.22 bits per heavy atom. The third-order valence-corrected chi connectivity index (χ3v) is 4.76. The Morgan fingerprint density at radius 2 is 2.00 bits per heavy atom. The number of aliphatic imine (C=N–C) groups is 1. The molecule has 6 heteroatoms. The normalized spacial score (nSPS) is 17.1. The lowest BCUT2D eigenvalue weighted by Crippen LogP contribution is -2.39. The summed E-state index contributed by atoms with van der Waals surface area (Å²) in [5, 5.41) is 6.74. The molecule has 1 atom stereocenters. The first kappa shape index (κ1) is 21.5. The van der Waals surface area contributed by atoms with Crippen LogP contribution in [0.2, 0.25) is 0 Å². The summed E-state index contributed by atoms with van der Waals surface area (Å²) in [5.74, 6) is 1.45. The molecule has 0 radical (unpaired) electrons. The van der Waals surface area contributed by atoms with E-state index in [1.54, 1.807) is 0 Å². The number of nitrogens with zero attached hydrogens (tertiary/aromatic N) is 2. The first-order valence-electron chi connectivity index (χ1n) is 10.2. The Hall–Kier alpha value is -1.79. The summed E-state index contributed by atoms with van der Waals surface area (Å²) in [7, 11) is 1.81. The zero-order chi connectivity index (χ0) is 19.2. The maximum Gasteiger partial charge on any atom is 0.190 e. The summed E-state index contributed by atoms with van der Waals surface area (Å²) < 4.78 is 11.1. The third-order valence-electron chi connectivity index (χ3n) is 4.76. The van der Waals surface area contributed by atoms with Crippen LogP contribution in [-0.2, 0) is 9.47 Å². The first-order valence-corrected chi connectivity index (χ1v) is 10.2. The Bertz CT molecular complexity index is 518. The van der Waals surface area contributed by atoms with Gasteiger partial charge in [0.05, 0.1) is 13.2 Å². The van der Waals surface area contributed by atoms with Crippen LogP contribution < -0.4 is 15.5 Å². The van der Waals surface area contributed by atoms with E-state index >= 15 is 0 Å². The van der Waals surface area contributed by atoms with Gasteiger partial charge in [-0.3, -0.25) is 4.99 Å². The molecule has 1 aromatic rings. The number of guanidine groups is 1. The Kier molecular flexibility index (Phi) is 10.7. The largest absolute Gasteiger partial charge is 0.381 e. The molecule has 0 amide bonds. The second-order valence-corrected chi connectivity index (χ2v) is 6.85. The summed E-state index contributed by atoms with van der Waals surface area (Å²) in [6.07, 6.45) is 3.18. The van der Waals surface area contributed by atoms with Gasteiger partial charge in [0, 0.05) is 58.0 Å². The third kappa shape index (κ3) is 8.63. The van der Waals surface area contributed by atoms with E-state index in [0.717, 1.165) is 77.8 Å². The summed E-state index contributed by atoms with van der Waals surface area (Å²) >= 11 is 0. The van der Waals surface area contributed by atoms with E-state index in [-0.39, 0.29) is 0 Å². The van der Waals surface area contributed by atoms with Crippen LogP contribution in [0.15, 0.2) is 35.3 Å². The molecule has 0 aliphatic carbocycles. The molecule has 0 aromatic heterocycles. The minimum Gasteiger partial charge on any atom is -0.381 e. The summed E-state index contributed by atoms with van der Waals surface area (Å²) in [4.78, 5) is 6.68. The Labute approximate surface area is 164 Å². The van der Waals surface area contributed by atoms with Crippen LogP contribution >= 0.6 is 0 Å². The van der Waals surface area contributed by atoms with Crippen LogP contribution in [0.4, 0.5) is 5.69 Å². The van der Waals surface area contributed by atoms with Gasteiger partial charge in [0.15, 0.2) is 5.96 Å². The summed E-state index contributed by atoms with van der Waals surface area (Å²) in [6.45, 7) is 9.36. The minimum absolute atomic E-state index is 0.589. The van der Waals surface area contributed by atoms with Gasteiger partial charge in [-0.25, -0.2) is 0 Å². The van der Waals surface area contributed by atoms with E-state index in [9.17, 15) is 0 Å². The molecule has 2 N–H and O–H groups in total. The molecular formula is C21H36N4O2. The van der Waals surface area contributed by atoms with E-state index < -0.39 is 0 Å². The molecule has 1 aliphatic rings. The second-order valence-electron chi connectivity index (χ2n) is 6.85. The van der Waals surface area contributed by atoms with Crippen molar-refractivity contribution in [1.82, 2.24) is 10.6 Å². The van der Waals surface area contributed by atoms with Gasteiger partial charge in [-0.1, -0.05) is 18.2 Å². The van der Waals surface area contributed by atoms with Gasteiger partial charge in [0.2, 0.25) is 0 Å². The van der Waals surface area contributed by atoms with Crippen molar-refractivity contribution in [2.45, 2.75) is 26.2 Å². The number of hydrogen-bond donors (Lipinski definition) is 2. The molecule has 2 rings (SSSR count). The first-order chi connectivity index (χ1) is 13.3. The van der Waals surface area contributed by atoms with Crippen molar-refractivity contribution in [3.63, 3.8) is 0 Å². The lowest BCUT2D eigenvalue weighted by Gasteiger charge is -2.23. The molecule has 152 valence electrons. The standard InChI is InChI=1S/C21H36N4O2/c1-3-25(20-9-5-4-6-10-20)14-7-12-23-21(22-2)24-13-8-15-26-17-19-11-16-27-18-19/h4-6,9-10,19H,3,7-8,11-18H2,1-2H3,(H2,22,23,24). The van der Waals surface area contributed by atoms with Crippen molar-refractivity contribution in [2.75, 3.05) is 64.6 Å². The average molecular weight is 377 g/mol. The van der Waals surface area contributed by atoms with Crippen molar-refractivity contribution in [2.24, 2.45) is 10.9 Å². The number of para-hydroxylation sites is 1. The second kappa shape index (κ2) is 13.4. The lowest BCUT2D eigenvalue weighted by molar-refractivity contribution is 0.0888. The van der Waals surface area contributed by atoms with Crippen LogP contribution in [0.5, 0.6) is 0 Å². The highest BCUT2D eigenvalue weighted by molar-refractivity contribution is 5.79. The van der Waals surface area contributed by atoms with Crippen molar-refractivity contribution in [3.8, 4) is 0 Å². The Morgan fingerprint density at radius 3 is 2.67 bits per heavy atom. The number of benzene rings is 1. The monoisotopic (exact) mass is 376 g/mol. The molecule has 27 heavy (non-hydrogen) atoms. The van der Waals surface area contributed by atoms with Crippen molar-refractivity contribution in [1.29, 1.82) is 0 Å². The number of nitrogens with one attached hydrogen (secondary N) is 2. The number of ether oxygens (including phenoxy) is 2. The topological polar surface area (TPSA) is 58.1 Å². The van der Waals surface area contributed by atoms with Gasteiger partial charge in [-0.05, 0) is 38.3 Å². The van der Waals surface area contributed by atoms with Gasteiger partial charge in [0.25, 0.3) is 0 Å². The zero-order valence-electron chi connectivity index (χ0n) is 17.0. The predicted molar refractivity (Wildman–Crippen MR) is 113 cm³/mol. The highest BCUT2D eigenvalue weighted by Crippen LogP contribution is 2.13. The molecule has 0 saturated carbocycles. The number of rotatable bonds is 12. The van der Waals surface area contributed by atoms with E-state index in [2.05, 4.69) is 57.8 Å². The van der Waals surface area contributed by atoms with Crippen molar-refractivity contribution >= 4 is 11.6 Å². The van der Waals surface area contributed by atoms with Crippen LogP contribution in [0.1, 0.15) is 26.2 Å². The van der Waals surface area contributed by atoms with Crippen LogP contribution in [-0.4, -0.2) is 65.6 Å². The number of hydrogen-bond acceptors (Lipinski definition) is 4. The van der Waals surface area contributed by atoms with Crippen LogP contribution in [0.25, 0.3) is 0 Å². The van der Waals surface area contributed by atoms with Crippen molar-refractivity contribution in [3.05, 3.63) is 30.3 Å².